The van der Waals surface area contributed by atoms with Crippen LogP contribution < -0.4 is 0 Å². The van der Waals surface area contributed by atoms with E-state index < -0.39 is 0 Å². The summed E-state index contributed by atoms with van der Waals surface area (Å²) < 4.78 is 0. The van der Waals surface area contributed by atoms with Crippen molar-refractivity contribution in [2.24, 2.45) is 5.92 Å². The Morgan fingerprint density at radius 1 is 1.50 bits per heavy atom. The van der Waals surface area contributed by atoms with Crippen LogP contribution in [0, 0.1) is 5.92 Å². The van der Waals surface area contributed by atoms with E-state index >= 15 is 0 Å². The van der Waals surface area contributed by atoms with Crippen LogP contribution in [0.25, 0.3) is 0 Å². The molecule has 0 saturated heterocycles. The van der Waals surface area contributed by atoms with E-state index in [1.54, 1.807) is 0 Å². The van der Waals surface area contributed by atoms with Crippen molar-refractivity contribution in [1.29, 1.82) is 0 Å². The quantitative estimate of drug-likeness (QED) is 0.533. The number of hydrogen-bond donors (Lipinski definition) is 0. The minimum atomic E-state index is 0.00861. The Hall–Kier alpha value is -0.830. The normalized spacial score (nSPS) is 18.0. The maximum atomic E-state index is 11.5. The summed E-state index contributed by atoms with van der Waals surface area (Å²) >= 11 is 5.94. The lowest BCUT2D eigenvalue weighted by Crippen LogP contribution is -2.35. The first-order chi connectivity index (χ1) is 6.56. The zero-order valence-corrected chi connectivity index (χ0v) is 9.17. The molecule has 0 radical (unpaired) electrons. The molecule has 1 aliphatic heterocycles. The maximum absolute atomic E-state index is 11.5. The van der Waals surface area contributed by atoms with Gasteiger partial charge in [0.2, 0.25) is 5.91 Å². The second-order valence-electron chi connectivity index (χ2n) is 3.83. The Bertz CT molecular complexity index is 284. The monoisotopic (exact) mass is 215 g/mol. The second kappa shape index (κ2) is 4.60. The standard InChI is InChI=1S/C10H14ClNO2/c1-7(2)5-12-9(14)4-3-8(6-13)10(12)11/h6-7H,3-5H2,1-2H3. The zero-order chi connectivity index (χ0) is 10.7. The van der Waals surface area contributed by atoms with Gasteiger partial charge in [-0.05, 0) is 12.3 Å². The van der Waals surface area contributed by atoms with E-state index in [2.05, 4.69) is 0 Å². The molecule has 4 heteroatoms. The molecule has 0 fully saturated rings. The van der Waals surface area contributed by atoms with Gasteiger partial charge in [0.15, 0.2) is 0 Å². The highest BCUT2D eigenvalue weighted by molar-refractivity contribution is 6.32. The predicted octanol–water partition coefficient (Wildman–Crippen LogP) is 1.91. The summed E-state index contributed by atoms with van der Waals surface area (Å²) in [4.78, 5) is 23.6. The van der Waals surface area contributed by atoms with Crippen molar-refractivity contribution >= 4 is 23.8 Å². The maximum Gasteiger partial charge on any atom is 0.227 e. The minimum absolute atomic E-state index is 0.00861. The van der Waals surface area contributed by atoms with Gasteiger partial charge in [-0.25, -0.2) is 0 Å². The van der Waals surface area contributed by atoms with Gasteiger partial charge in [-0.1, -0.05) is 25.4 Å². The molecule has 0 aliphatic carbocycles. The third-order valence-electron chi connectivity index (χ3n) is 2.10. The summed E-state index contributed by atoms with van der Waals surface area (Å²) in [6.07, 6.45) is 1.59. The van der Waals surface area contributed by atoms with E-state index in [9.17, 15) is 9.59 Å². The first kappa shape index (κ1) is 11.2. The van der Waals surface area contributed by atoms with Crippen molar-refractivity contribution < 1.29 is 9.59 Å². The van der Waals surface area contributed by atoms with Gasteiger partial charge in [0.05, 0.1) is 0 Å². The fourth-order valence-corrected chi connectivity index (χ4v) is 1.72. The number of amides is 1. The number of allylic oxidation sites excluding steroid dienone is 1. The molecule has 1 aliphatic rings. The molecule has 1 amide bonds. The van der Waals surface area contributed by atoms with E-state index in [0.717, 1.165) is 6.29 Å². The van der Waals surface area contributed by atoms with Gasteiger partial charge < -0.3 is 4.90 Å². The molecular weight excluding hydrogens is 202 g/mol. The van der Waals surface area contributed by atoms with Crippen molar-refractivity contribution in [3.8, 4) is 0 Å². The van der Waals surface area contributed by atoms with E-state index in [0.29, 0.717) is 36.0 Å². The lowest BCUT2D eigenvalue weighted by molar-refractivity contribution is -0.130. The molecule has 0 atom stereocenters. The molecule has 0 aromatic carbocycles. The van der Waals surface area contributed by atoms with E-state index in [4.69, 9.17) is 11.6 Å². The number of nitrogens with zero attached hydrogens (tertiary/aromatic N) is 1. The number of carbonyl (C=O) groups excluding carboxylic acids is 2. The molecule has 0 aromatic rings. The third-order valence-corrected chi connectivity index (χ3v) is 2.55. The Morgan fingerprint density at radius 3 is 2.64 bits per heavy atom. The minimum Gasteiger partial charge on any atom is -0.302 e. The Labute approximate surface area is 88.7 Å². The summed E-state index contributed by atoms with van der Waals surface area (Å²) in [5, 5.41) is 0.310. The zero-order valence-electron chi connectivity index (χ0n) is 8.42. The fraction of sp³-hybridized carbons (Fsp3) is 0.600. The third kappa shape index (κ3) is 2.35. The molecule has 0 N–H and O–H groups in total. The molecule has 0 aromatic heterocycles. The number of halogens is 1. The average Bonchev–Trinajstić information content (AvgIpc) is 2.12. The van der Waals surface area contributed by atoms with Crippen LogP contribution in [0.5, 0.6) is 0 Å². The highest BCUT2D eigenvalue weighted by Gasteiger charge is 2.25. The van der Waals surface area contributed by atoms with Crippen molar-refractivity contribution in [1.82, 2.24) is 4.90 Å². The van der Waals surface area contributed by atoms with Crippen LogP contribution in [0.2, 0.25) is 0 Å². The van der Waals surface area contributed by atoms with Gasteiger partial charge in [0, 0.05) is 18.5 Å². The summed E-state index contributed by atoms with van der Waals surface area (Å²) in [7, 11) is 0. The fourth-order valence-electron chi connectivity index (χ4n) is 1.42. The molecule has 0 spiro atoms. The molecule has 3 nitrogen and oxygen atoms in total. The Kier molecular flexibility index (Phi) is 3.69. The summed E-state index contributed by atoms with van der Waals surface area (Å²) in [6, 6.07) is 0. The van der Waals surface area contributed by atoms with Gasteiger partial charge in [-0.2, -0.15) is 0 Å². The molecule has 78 valence electrons. The van der Waals surface area contributed by atoms with Crippen molar-refractivity contribution in [3.05, 3.63) is 10.7 Å². The SMILES string of the molecule is CC(C)CN1C(=O)CCC(C=O)=C1Cl. The Morgan fingerprint density at radius 2 is 2.14 bits per heavy atom. The number of carbonyl (C=O) groups is 2. The molecule has 14 heavy (non-hydrogen) atoms. The van der Waals surface area contributed by atoms with Crippen LogP contribution >= 0.6 is 11.6 Å². The summed E-state index contributed by atoms with van der Waals surface area (Å²) in [6.45, 7) is 4.59. The van der Waals surface area contributed by atoms with E-state index in [1.165, 1.54) is 4.90 Å². The van der Waals surface area contributed by atoms with Crippen LogP contribution in [-0.4, -0.2) is 23.6 Å². The van der Waals surface area contributed by atoms with Gasteiger partial charge in [0.25, 0.3) is 0 Å². The summed E-state index contributed by atoms with van der Waals surface area (Å²) in [5.41, 5.74) is 0.534. The molecule has 1 rings (SSSR count). The first-order valence-corrected chi connectivity index (χ1v) is 5.08. The van der Waals surface area contributed by atoms with E-state index in [1.807, 2.05) is 13.8 Å². The van der Waals surface area contributed by atoms with Gasteiger partial charge in [-0.15, -0.1) is 0 Å². The van der Waals surface area contributed by atoms with Crippen molar-refractivity contribution in [2.75, 3.05) is 6.54 Å². The van der Waals surface area contributed by atoms with E-state index in [-0.39, 0.29) is 5.91 Å². The number of hydrogen-bond acceptors (Lipinski definition) is 2. The first-order valence-electron chi connectivity index (χ1n) is 4.70. The average molecular weight is 216 g/mol. The van der Waals surface area contributed by atoms with Crippen LogP contribution in [0.3, 0.4) is 0 Å². The lowest BCUT2D eigenvalue weighted by Gasteiger charge is -2.28. The molecule has 1 heterocycles. The topological polar surface area (TPSA) is 37.4 Å². The molecule has 0 unspecified atom stereocenters. The summed E-state index contributed by atoms with van der Waals surface area (Å²) in [5.74, 6) is 0.355. The molecule has 0 saturated carbocycles. The largest absolute Gasteiger partial charge is 0.302 e. The smallest absolute Gasteiger partial charge is 0.227 e. The lowest BCUT2D eigenvalue weighted by atomic mass is 10.1. The van der Waals surface area contributed by atoms with Crippen molar-refractivity contribution in [2.45, 2.75) is 26.7 Å². The second-order valence-corrected chi connectivity index (χ2v) is 4.19. The van der Waals surface area contributed by atoms with Gasteiger partial charge in [0.1, 0.15) is 11.4 Å². The predicted molar refractivity (Wildman–Crippen MR) is 54.7 cm³/mol. The highest BCUT2D eigenvalue weighted by atomic mass is 35.5. The van der Waals surface area contributed by atoms with Crippen LogP contribution in [0.1, 0.15) is 26.7 Å². The Balaban J connectivity index is 2.88. The van der Waals surface area contributed by atoms with Gasteiger partial charge in [-0.3, -0.25) is 9.59 Å². The van der Waals surface area contributed by atoms with Gasteiger partial charge >= 0.3 is 0 Å². The molecule has 0 bridgehead atoms. The van der Waals surface area contributed by atoms with Crippen LogP contribution in [0.4, 0.5) is 0 Å². The number of rotatable bonds is 3. The molecular formula is C10H14ClNO2. The van der Waals surface area contributed by atoms with Crippen LogP contribution in [0.15, 0.2) is 10.7 Å². The highest BCUT2D eigenvalue weighted by Crippen LogP contribution is 2.25. The van der Waals surface area contributed by atoms with Crippen molar-refractivity contribution in [3.63, 3.8) is 0 Å². The number of aldehydes is 1. The van der Waals surface area contributed by atoms with Crippen LogP contribution in [-0.2, 0) is 9.59 Å².